The molecule has 0 unspecified atom stereocenters. The van der Waals surface area contributed by atoms with E-state index in [0.29, 0.717) is 11.5 Å². The van der Waals surface area contributed by atoms with Gasteiger partial charge in [-0.15, -0.1) is 0 Å². The van der Waals surface area contributed by atoms with Crippen LogP contribution in [0.3, 0.4) is 0 Å². The topological polar surface area (TPSA) is 35.5 Å². The Balaban J connectivity index is 1.49. The van der Waals surface area contributed by atoms with E-state index < -0.39 is 0 Å². The predicted molar refractivity (Wildman–Crippen MR) is 125 cm³/mol. The minimum atomic E-state index is -0.0793. The molecule has 0 aliphatic heterocycles. The third-order valence-corrected chi connectivity index (χ3v) is 7.86. The Morgan fingerprint density at radius 1 is 0.750 bits per heavy atom. The first-order valence-electron chi connectivity index (χ1n) is 11.7. The molecule has 0 saturated heterocycles. The summed E-state index contributed by atoms with van der Waals surface area (Å²) in [6.45, 7) is 0. The highest BCUT2D eigenvalue weighted by molar-refractivity contribution is 6.07. The van der Waals surface area contributed by atoms with Crippen LogP contribution in [0.25, 0.3) is 0 Å². The number of benzene rings is 3. The van der Waals surface area contributed by atoms with Crippen molar-refractivity contribution in [3.8, 4) is 11.5 Å². The lowest BCUT2D eigenvalue weighted by molar-refractivity contribution is 0.0959. The van der Waals surface area contributed by atoms with Crippen molar-refractivity contribution < 1.29 is 14.3 Å². The third-order valence-electron chi connectivity index (χ3n) is 7.86. The van der Waals surface area contributed by atoms with E-state index in [-0.39, 0.29) is 17.6 Å². The summed E-state index contributed by atoms with van der Waals surface area (Å²) < 4.78 is 11.1. The number of hydrogen-bond donors (Lipinski definition) is 0. The van der Waals surface area contributed by atoms with Gasteiger partial charge in [-0.1, -0.05) is 36.4 Å². The smallest absolute Gasteiger partial charge is 0.171 e. The monoisotopic (exact) mass is 424 g/mol. The number of ketones is 1. The number of aryl methyl sites for hydroxylation is 4. The molecular weight excluding hydrogens is 396 g/mol. The summed E-state index contributed by atoms with van der Waals surface area (Å²) in [6.07, 6.45) is 6.10. The van der Waals surface area contributed by atoms with Crippen LogP contribution in [0.2, 0.25) is 0 Å². The Labute approximate surface area is 189 Å². The van der Waals surface area contributed by atoms with Crippen LogP contribution in [0, 0.1) is 0 Å². The lowest BCUT2D eigenvalue weighted by Gasteiger charge is -2.32. The molecule has 0 radical (unpaired) electrons. The fourth-order valence-electron chi connectivity index (χ4n) is 6.22. The normalized spacial score (nSPS) is 20.8. The Morgan fingerprint density at radius 2 is 1.38 bits per heavy atom. The lowest BCUT2D eigenvalue weighted by atomic mass is 9.71. The van der Waals surface area contributed by atoms with Crippen LogP contribution in [0.1, 0.15) is 67.6 Å². The van der Waals surface area contributed by atoms with Gasteiger partial charge in [-0.3, -0.25) is 4.79 Å². The highest BCUT2D eigenvalue weighted by Gasteiger charge is 2.45. The third kappa shape index (κ3) is 2.91. The zero-order chi connectivity index (χ0) is 21.8. The van der Waals surface area contributed by atoms with E-state index >= 15 is 0 Å². The van der Waals surface area contributed by atoms with Crippen LogP contribution < -0.4 is 9.47 Å². The molecule has 3 aromatic rings. The van der Waals surface area contributed by atoms with E-state index in [2.05, 4.69) is 36.4 Å². The molecule has 0 N–H and O–H groups in total. The van der Waals surface area contributed by atoms with Gasteiger partial charge >= 0.3 is 0 Å². The van der Waals surface area contributed by atoms with E-state index in [4.69, 9.17) is 9.47 Å². The van der Waals surface area contributed by atoms with Gasteiger partial charge < -0.3 is 9.47 Å². The predicted octanol–water partition coefficient (Wildman–Crippen LogP) is 5.60. The summed E-state index contributed by atoms with van der Waals surface area (Å²) in [4.78, 5) is 13.8. The van der Waals surface area contributed by atoms with E-state index in [1.165, 1.54) is 33.4 Å². The largest absolute Gasteiger partial charge is 0.493 e. The average molecular weight is 425 g/mol. The zero-order valence-corrected chi connectivity index (χ0v) is 18.7. The molecule has 6 aliphatic rings. The number of methoxy groups -OCH3 is 2. The van der Waals surface area contributed by atoms with Gasteiger partial charge in [0.25, 0.3) is 0 Å². The summed E-state index contributed by atoms with van der Waals surface area (Å²) in [5.74, 6) is 1.75. The van der Waals surface area contributed by atoms with Crippen LogP contribution >= 0.6 is 0 Å². The molecule has 2 atom stereocenters. The van der Waals surface area contributed by atoms with Crippen LogP contribution in [-0.2, 0) is 32.1 Å². The highest BCUT2D eigenvalue weighted by Crippen LogP contribution is 2.54. The van der Waals surface area contributed by atoms with Crippen molar-refractivity contribution in [3.05, 3.63) is 93.0 Å². The fourth-order valence-corrected chi connectivity index (χ4v) is 6.22. The van der Waals surface area contributed by atoms with Gasteiger partial charge in [0, 0.05) is 5.56 Å². The maximum absolute atomic E-state index is 13.8. The fraction of sp³-hybridized carbons (Fsp3) is 0.345. The quantitative estimate of drug-likeness (QED) is 0.537. The first kappa shape index (κ1) is 19.6. The minimum absolute atomic E-state index is 0.0793. The highest BCUT2D eigenvalue weighted by atomic mass is 16.5. The van der Waals surface area contributed by atoms with Gasteiger partial charge in [0.2, 0.25) is 0 Å². The van der Waals surface area contributed by atoms with Gasteiger partial charge in [-0.2, -0.15) is 0 Å². The average Bonchev–Trinajstić information content (AvgIpc) is 3.11. The second kappa shape index (κ2) is 7.51. The van der Waals surface area contributed by atoms with Gasteiger partial charge in [0.05, 0.1) is 20.1 Å². The van der Waals surface area contributed by atoms with Crippen molar-refractivity contribution in [2.45, 2.75) is 50.4 Å². The Hall–Kier alpha value is -3.07. The molecule has 0 spiro atoms. The standard InChI is InChI=1S/C29H28O3/c1-31-25-15-23-22-14-13-21-19-9-7-17-3-5-18(6-4-17)8-10-20(12-11-19)27(21)28(22)29(30)24(23)16-26(25)32-2/h3-6,11-12,15-16,22,28H,7-10,13-14H2,1-2H3/t22-,28+/m1/s1. The Kier molecular flexibility index (Phi) is 4.60. The molecule has 3 nitrogen and oxygen atoms in total. The number of carbonyl (C=O) groups is 1. The van der Waals surface area contributed by atoms with E-state index in [1.54, 1.807) is 14.2 Å². The summed E-state index contributed by atoms with van der Waals surface area (Å²) in [6, 6.07) is 17.7. The molecule has 0 saturated carbocycles. The van der Waals surface area contributed by atoms with Crippen molar-refractivity contribution in [2.24, 2.45) is 0 Å². The van der Waals surface area contributed by atoms with Crippen molar-refractivity contribution in [3.63, 3.8) is 0 Å². The van der Waals surface area contributed by atoms with Gasteiger partial charge in [0.15, 0.2) is 17.3 Å². The van der Waals surface area contributed by atoms with Crippen LogP contribution in [0.5, 0.6) is 11.5 Å². The van der Waals surface area contributed by atoms with E-state index in [9.17, 15) is 4.79 Å². The summed E-state index contributed by atoms with van der Waals surface area (Å²) in [5.41, 5.74) is 10.3. The first-order chi connectivity index (χ1) is 15.7. The summed E-state index contributed by atoms with van der Waals surface area (Å²) in [7, 11) is 3.29. The van der Waals surface area contributed by atoms with Crippen LogP contribution in [0.4, 0.5) is 0 Å². The second-order valence-corrected chi connectivity index (χ2v) is 9.37. The lowest BCUT2D eigenvalue weighted by Crippen LogP contribution is -2.23. The van der Waals surface area contributed by atoms with E-state index in [1.807, 2.05) is 12.1 Å². The number of hydrogen-bond acceptors (Lipinski definition) is 3. The number of fused-ring (bicyclic) bond motifs is 3. The number of carbonyl (C=O) groups excluding carboxylic acids is 1. The molecule has 3 heteroatoms. The number of rotatable bonds is 2. The molecule has 32 heavy (non-hydrogen) atoms. The molecule has 9 rings (SSSR count). The van der Waals surface area contributed by atoms with E-state index in [0.717, 1.165) is 49.7 Å². The molecule has 4 bridgehead atoms. The molecule has 6 aliphatic carbocycles. The Morgan fingerprint density at radius 3 is 2.06 bits per heavy atom. The molecule has 3 aromatic carbocycles. The summed E-state index contributed by atoms with van der Waals surface area (Å²) >= 11 is 0. The molecule has 0 heterocycles. The molecule has 0 amide bonds. The van der Waals surface area contributed by atoms with Crippen LogP contribution in [-0.4, -0.2) is 20.0 Å². The second-order valence-electron chi connectivity index (χ2n) is 9.37. The number of ether oxygens (including phenoxy) is 2. The first-order valence-corrected chi connectivity index (χ1v) is 11.7. The molecule has 0 fully saturated rings. The van der Waals surface area contributed by atoms with Gasteiger partial charge in [-0.25, -0.2) is 0 Å². The number of Topliss-reactive ketones (excluding diaryl/α,β-unsaturated/α-hetero) is 1. The maximum Gasteiger partial charge on any atom is 0.171 e. The van der Waals surface area contributed by atoms with Crippen molar-refractivity contribution >= 4 is 5.78 Å². The molecular formula is C29H28O3. The molecule has 0 aromatic heterocycles. The maximum atomic E-state index is 13.8. The zero-order valence-electron chi connectivity index (χ0n) is 18.7. The van der Waals surface area contributed by atoms with Crippen molar-refractivity contribution in [1.82, 2.24) is 0 Å². The Bertz CT molecular complexity index is 1220. The van der Waals surface area contributed by atoms with Crippen molar-refractivity contribution in [2.75, 3.05) is 14.2 Å². The SMILES string of the molecule is COc1cc2c(cc1OC)[C@H]1CCc3c4ccc(c3[C@H]1C2=O)CCc1ccc(cc1)CC4. The van der Waals surface area contributed by atoms with Crippen LogP contribution in [0.15, 0.2) is 48.5 Å². The van der Waals surface area contributed by atoms with Gasteiger partial charge in [-0.05, 0) is 95.5 Å². The summed E-state index contributed by atoms with van der Waals surface area (Å²) in [5, 5.41) is 0. The minimum Gasteiger partial charge on any atom is -0.493 e. The molecule has 162 valence electrons. The van der Waals surface area contributed by atoms with Gasteiger partial charge in [0.1, 0.15) is 0 Å². The van der Waals surface area contributed by atoms with Crippen molar-refractivity contribution in [1.29, 1.82) is 0 Å².